The van der Waals surface area contributed by atoms with Crippen LogP contribution in [0.4, 0.5) is 16.2 Å². The monoisotopic (exact) mass is 428 g/mol. The predicted molar refractivity (Wildman–Crippen MR) is 112 cm³/mol. The molecule has 0 radical (unpaired) electrons. The zero-order valence-electron chi connectivity index (χ0n) is 16.9. The van der Waals surface area contributed by atoms with Gasteiger partial charge in [-0.05, 0) is 48.9 Å². The first-order chi connectivity index (χ1) is 15.0. The van der Waals surface area contributed by atoms with Crippen molar-refractivity contribution in [3.8, 4) is 11.5 Å². The minimum absolute atomic E-state index is 0.128. The van der Waals surface area contributed by atoms with Crippen molar-refractivity contribution in [2.45, 2.75) is 37.1 Å². The lowest BCUT2D eigenvalue weighted by molar-refractivity contribution is -0.153. The van der Waals surface area contributed by atoms with Crippen LogP contribution in [0.15, 0.2) is 42.5 Å². The lowest BCUT2D eigenvalue weighted by atomic mass is 9.84. The molecule has 2 aliphatic heterocycles. The van der Waals surface area contributed by atoms with Crippen LogP contribution >= 0.6 is 0 Å². The van der Waals surface area contributed by atoms with Gasteiger partial charge >= 0.3 is 12.0 Å². The predicted octanol–water partition coefficient (Wildman–Crippen LogP) is 2.81. The number of amides is 2. The van der Waals surface area contributed by atoms with Gasteiger partial charge in [0.2, 0.25) is 0 Å². The first-order valence-corrected chi connectivity index (χ1v) is 9.97. The molecule has 0 spiro atoms. The summed E-state index contributed by atoms with van der Waals surface area (Å²) in [6, 6.07) is 11.9. The molecule has 0 saturated carbocycles. The number of carboxylic acids is 1. The number of fused-ring (bicyclic) bond motifs is 3. The topological polar surface area (TPSA) is 126 Å². The highest BCUT2D eigenvalue weighted by Crippen LogP contribution is 2.47. The average molecular weight is 428 g/mol. The summed E-state index contributed by atoms with van der Waals surface area (Å²) >= 11 is 0. The van der Waals surface area contributed by atoms with E-state index in [1.807, 2.05) is 6.07 Å². The second kappa shape index (κ2) is 8.83. The SMILES string of the molecule is COc1ccc(NC(=O)Nc2ccc3c(c2)[C@H]2C[C@H](CC(=O)O)O[C@H](CO)[C@H]2O3)cc1. The van der Waals surface area contributed by atoms with Gasteiger partial charge in [-0.2, -0.15) is 0 Å². The molecule has 0 aromatic heterocycles. The number of carbonyl (C=O) groups excluding carboxylic acids is 1. The molecular formula is C22H24N2O7. The summed E-state index contributed by atoms with van der Waals surface area (Å²) in [5.41, 5.74) is 2.06. The first kappa shape index (κ1) is 21.0. The Labute approximate surface area is 178 Å². The quantitative estimate of drug-likeness (QED) is 0.557. The second-order valence-electron chi connectivity index (χ2n) is 7.56. The molecule has 0 bridgehead atoms. The fourth-order valence-corrected chi connectivity index (χ4v) is 4.13. The van der Waals surface area contributed by atoms with Crippen molar-refractivity contribution >= 4 is 23.4 Å². The van der Waals surface area contributed by atoms with E-state index in [0.717, 1.165) is 5.56 Å². The van der Waals surface area contributed by atoms with E-state index in [-0.39, 0.29) is 18.9 Å². The summed E-state index contributed by atoms with van der Waals surface area (Å²) in [6.45, 7) is -0.263. The molecule has 1 saturated heterocycles. The summed E-state index contributed by atoms with van der Waals surface area (Å²) < 4.78 is 16.8. The molecule has 2 aromatic rings. The number of aliphatic hydroxyl groups is 1. The van der Waals surface area contributed by atoms with Crippen LogP contribution in [-0.4, -0.2) is 54.2 Å². The van der Waals surface area contributed by atoms with E-state index in [9.17, 15) is 14.7 Å². The highest BCUT2D eigenvalue weighted by molar-refractivity contribution is 5.99. The van der Waals surface area contributed by atoms with Crippen LogP contribution in [0.1, 0.15) is 24.3 Å². The summed E-state index contributed by atoms with van der Waals surface area (Å²) in [4.78, 5) is 23.5. The van der Waals surface area contributed by atoms with Crippen molar-refractivity contribution in [1.82, 2.24) is 0 Å². The van der Waals surface area contributed by atoms with Crippen LogP contribution < -0.4 is 20.1 Å². The van der Waals surface area contributed by atoms with Gasteiger partial charge < -0.3 is 35.1 Å². The third-order valence-corrected chi connectivity index (χ3v) is 5.51. The maximum absolute atomic E-state index is 12.4. The number of ether oxygens (including phenoxy) is 3. The summed E-state index contributed by atoms with van der Waals surface area (Å²) in [5, 5.41) is 24.4. The van der Waals surface area contributed by atoms with Crippen molar-refractivity contribution in [3.05, 3.63) is 48.0 Å². The molecule has 1 fully saturated rings. The molecule has 0 aliphatic carbocycles. The van der Waals surface area contributed by atoms with Crippen LogP contribution in [0.2, 0.25) is 0 Å². The maximum atomic E-state index is 12.4. The van der Waals surface area contributed by atoms with Crippen molar-refractivity contribution in [3.63, 3.8) is 0 Å². The van der Waals surface area contributed by atoms with Gasteiger partial charge in [0, 0.05) is 22.9 Å². The van der Waals surface area contributed by atoms with Gasteiger partial charge in [-0.25, -0.2) is 4.79 Å². The van der Waals surface area contributed by atoms with Gasteiger partial charge in [0.25, 0.3) is 0 Å². The number of hydrogen-bond acceptors (Lipinski definition) is 6. The number of hydrogen-bond donors (Lipinski definition) is 4. The Bertz CT molecular complexity index is 963. The molecule has 164 valence electrons. The Kier molecular flexibility index (Phi) is 5.97. The molecule has 4 atom stereocenters. The fourth-order valence-electron chi connectivity index (χ4n) is 4.13. The maximum Gasteiger partial charge on any atom is 0.323 e. The number of benzene rings is 2. The minimum Gasteiger partial charge on any atom is -0.497 e. The van der Waals surface area contributed by atoms with Crippen LogP contribution in [0.5, 0.6) is 11.5 Å². The van der Waals surface area contributed by atoms with E-state index in [1.54, 1.807) is 43.5 Å². The largest absolute Gasteiger partial charge is 0.497 e. The lowest BCUT2D eigenvalue weighted by Gasteiger charge is -2.36. The minimum atomic E-state index is -0.954. The molecule has 4 N–H and O–H groups in total. The van der Waals surface area contributed by atoms with Crippen molar-refractivity contribution in [1.29, 1.82) is 0 Å². The Balaban J connectivity index is 1.47. The molecule has 2 aliphatic rings. The standard InChI is InChI=1S/C22H24N2O7/c1-29-14-5-2-12(3-6-14)23-22(28)24-13-4-7-18-16(8-13)17-9-15(10-20(26)27)30-19(11-25)21(17)31-18/h2-8,15,17,19,21,25H,9-11H2,1H3,(H,26,27)(H2,23,24,28)/t15-,17-,19-,21+/m1/s1. The first-order valence-electron chi connectivity index (χ1n) is 9.97. The third kappa shape index (κ3) is 4.57. The summed E-state index contributed by atoms with van der Waals surface area (Å²) in [6.07, 6.45) is -1.20. The Morgan fingerprint density at radius 2 is 1.84 bits per heavy atom. The van der Waals surface area contributed by atoms with Gasteiger partial charge in [-0.1, -0.05) is 0 Å². The van der Waals surface area contributed by atoms with Gasteiger partial charge in [0.1, 0.15) is 23.7 Å². The Hall–Kier alpha value is -3.30. The lowest BCUT2D eigenvalue weighted by Crippen LogP contribution is -2.46. The zero-order chi connectivity index (χ0) is 22.0. The van der Waals surface area contributed by atoms with E-state index in [0.29, 0.717) is 29.3 Å². The smallest absolute Gasteiger partial charge is 0.323 e. The molecule has 9 heteroatoms. The van der Waals surface area contributed by atoms with Crippen LogP contribution in [-0.2, 0) is 9.53 Å². The fraction of sp³-hybridized carbons (Fsp3) is 0.364. The number of carboxylic acid groups (broad SMARTS) is 1. The molecule has 0 unspecified atom stereocenters. The van der Waals surface area contributed by atoms with E-state index in [1.165, 1.54) is 0 Å². The third-order valence-electron chi connectivity index (χ3n) is 5.51. The van der Waals surface area contributed by atoms with Gasteiger partial charge in [0.05, 0.1) is 26.2 Å². The van der Waals surface area contributed by atoms with Crippen molar-refractivity contribution < 1.29 is 34.0 Å². The Morgan fingerprint density at radius 1 is 1.13 bits per heavy atom. The number of nitrogens with one attached hydrogen (secondary N) is 2. The molecule has 2 heterocycles. The van der Waals surface area contributed by atoms with Crippen LogP contribution in [0.25, 0.3) is 0 Å². The number of anilines is 2. The van der Waals surface area contributed by atoms with E-state index in [4.69, 9.17) is 19.3 Å². The number of carbonyl (C=O) groups is 2. The Morgan fingerprint density at radius 3 is 2.52 bits per heavy atom. The number of rotatable bonds is 6. The normalized spacial score (nSPS) is 23.8. The summed E-state index contributed by atoms with van der Waals surface area (Å²) in [5.74, 6) is 0.258. The van der Waals surface area contributed by atoms with E-state index in [2.05, 4.69) is 10.6 Å². The van der Waals surface area contributed by atoms with Gasteiger partial charge in [-0.15, -0.1) is 0 Å². The zero-order valence-corrected chi connectivity index (χ0v) is 16.9. The molecule has 2 amide bonds. The van der Waals surface area contributed by atoms with Crippen molar-refractivity contribution in [2.24, 2.45) is 0 Å². The highest BCUT2D eigenvalue weighted by atomic mass is 16.6. The second-order valence-corrected chi connectivity index (χ2v) is 7.56. The van der Waals surface area contributed by atoms with Crippen LogP contribution in [0.3, 0.4) is 0 Å². The number of aliphatic carboxylic acids is 1. The number of urea groups is 1. The van der Waals surface area contributed by atoms with Gasteiger partial charge in [0.15, 0.2) is 0 Å². The average Bonchev–Trinajstić information content (AvgIpc) is 3.11. The van der Waals surface area contributed by atoms with Crippen molar-refractivity contribution in [2.75, 3.05) is 24.4 Å². The highest BCUT2D eigenvalue weighted by Gasteiger charge is 2.46. The van der Waals surface area contributed by atoms with Crippen LogP contribution in [0, 0.1) is 0 Å². The number of methoxy groups -OCH3 is 1. The molecule has 2 aromatic carbocycles. The van der Waals surface area contributed by atoms with E-state index >= 15 is 0 Å². The molecule has 9 nitrogen and oxygen atoms in total. The summed E-state index contributed by atoms with van der Waals surface area (Å²) in [7, 11) is 1.57. The molecular weight excluding hydrogens is 404 g/mol. The molecule has 4 rings (SSSR count). The van der Waals surface area contributed by atoms with Gasteiger partial charge in [-0.3, -0.25) is 4.79 Å². The van der Waals surface area contributed by atoms with E-state index < -0.39 is 30.3 Å². The number of aliphatic hydroxyl groups excluding tert-OH is 1. The molecule has 31 heavy (non-hydrogen) atoms.